The van der Waals surface area contributed by atoms with Crippen molar-refractivity contribution in [3.8, 4) is 0 Å². The van der Waals surface area contributed by atoms with Gasteiger partial charge in [-0.25, -0.2) is 0 Å². The molecular formula is C12H21N3O2. The Labute approximate surface area is 102 Å². The van der Waals surface area contributed by atoms with E-state index in [-0.39, 0.29) is 12.5 Å². The second-order valence-electron chi connectivity index (χ2n) is 4.97. The van der Waals surface area contributed by atoms with Crippen LogP contribution >= 0.6 is 0 Å². The number of aromatic nitrogens is 2. The van der Waals surface area contributed by atoms with Gasteiger partial charge in [0.25, 0.3) is 0 Å². The Kier molecular flexibility index (Phi) is 4.28. The van der Waals surface area contributed by atoms with Gasteiger partial charge in [0.2, 0.25) is 5.91 Å². The highest BCUT2D eigenvalue weighted by atomic mass is 16.3. The van der Waals surface area contributed by atoms with E-state index in [0.717, 1.165) is 11.3 Å². The normalized spacial score (nSPS) is 11.6. The summed E-state index contributed by atoms with van der Waals surface area (Å²) < 4.78 is 1.80. The van der Waals surface area contributed by atoms with Gasteiger partial charge >= 0.3 is 0 Å². The molecular weight excluding hydrogens is 218 g/mol. The third-order valence-corrected chi connectivity index (χ3v) is 2.83. The van der Waals surface area contributed by atoms with E-state index in [0.29, 0.717) is 12.8 Å². The number of hydrogen-bond donors (Lipinski definition) is 2. The smallest absolute Gasteiger partial charge is 0.220 e. The summed E-state index contributed by atoms with van der Waals surface area (Å²) in [5.74, 6) is -0.0488. The average molecular weight is 239 g/mol. The molecule has 5 nitrogen and oxygen atoms in total. The molecule has 1 aromatic heterocycles. The number of aliphatic hydroxyl groups is 1. The molecule has 1 aromatic rings. The Balaban J connectivity index is 2.46. The van der Waals surface area contributed by atoms with Crippen LogP contribution < -0.4 is 5.32 Å². The van der Waals surface area contributed by atoms with Crippen molar-refractivity contribution in [1.82, 2.24) is 15.1 Å². The fraction of sp³-hybridized carbons (Fsp3) is 0.667. The van der Waals surface area contributed by atoms with Crippen LogP contribution in [0.4, 0.5) is 0 Å². The fourth-order valence-corrected chi connectivity index (χ4v) is 1.52. The number of carbonyl (C=O) groups is 1. The van der Waals surface area contributed by atoms with Gasteiger partial charge < -0.3 is 10.4 Å². The first kappa shape index (κ1) is 13.7. The van der Waals surface area contributed by atoms with E-state index in [4.69, 9.17) is 5.11 Å². The number of aliphatic hydroxyl groups excluding tert-OH is 1. The Bertz CT molecular complexity index is 396. The maximum Gasteiger partial charge on any atom is 0.220 e. The zero-order valence-corrected chi connectivity index (χ0v) is 10.9. The molecule has 1 amide bonds. The maximum atomic E-state index is 11.7. The van der Waals surface area contributed by atoms with Crippen molar-refractivity contribution < 1.29 is 9.90 Å². The molecule has 0 radical (unpaired) electrons. The zero-order chi connectivity index (χ0) is 13.1. The summed E-state index contributed by atoms with van der Waals surface area (Å²) in [5, 5.41) is 16.0. The van der Waals surface area contributed by atoms with Gasteiger partial charge in [0, 0.05) is 19.2 Å². The number of carbonyl (C=O) groups excluding carboxylic acids is 1. The van der Waals surface area contributed by atoms with E-state index in [1.165, 1.54) is 0 Å². The Morgan fingerprint density at radius 3 is 2.71 bits per heavy atom. The molecule has 17 heavy (non-hydrogen) atoms. The van der Waals surface area contributed by atoms with Crippen LogP contribution in [-0.4, -0.2) is 32.9 Å². The lowest BCUT2D eigenvalue weighted by atomic mass is 10.1. The van der Waals surface area contributed by atoms with Crippen LogP contribution in [0.3, 0.4) is 0 Å². The van der Waals surface area contributed by atoms with Crippen LogP contribution in [0.1, 0.15) is 31.5 Å². The van der Waals surface area contributed by atoms with Crippen molar-refractivity contribution in [2.45, 2.75) is 39.2 Å². The van der Waals surface area contributed by atoms with E-state index in [9.17, 15) is 4.79 Å². The van der Waals surface area contributed by atoms with Crippen molar-refractivity contribution in [3.63, 3.8) is 0 Å². The Morgan fingerprint density at radius 2 is 2.24 bits per heavy atom. The minimum Gasteiger partial charge on any atom is -0.394 e. The molecule has 0 aliphatic heterocycles. The molecule has 1 heterocycles. The van der Waals surface area contributed by atoms with Gasteiger partial charge in [-0.1, -0.05) is 0 Å². The summed E-state index contributed by atoms with van der Waals surface area (Å²) >= 11 is 0. The van der Waals surface area contributed by atoms with Gasteiger partial charge in [-0.2, -0.15) is 5.10 Å². The van der Waals surface area contributed by atoms with E-state index < -0.39 is 5.54 Å². The molecule has 1 rings (SSSR count). The SMILES string of the molecule is Cc1c(CCC(=O)NC(C)(C)CO)cnn1C. The molecule has 2 N–H and O–H groups in total. The topological polar surface area (TPSA) is 67.2 Å². The van der Waals surface area contributed by atoms with Crippen LogP contribution in [0.25, 0.3) is 0 Å². The van der Waals surface area contributed by atoms with E-state index in [1.54, 1.807) is 24.7 Å². The molecule has 0 aliphatic carbocycles. The van der Waals surface area contributed by atoms with Gasteiger partial charge in [0.1, 0.15) is 0 Å². The first-order valence-electron chi connectivity index (χ1n) is 5.75. The van der Waals surface area contributed by atoms with Crippen LogP contribution in [0, 0.1) is 6.92 Å². The van der Waals surface area contributed by atoms with Gasteiger partial charge in [-0.05, 0) is 32.8 Å². The second-order valence-corrected chi connectivity index (χ2v) is 4.97. The lowest BCUT2D eigenvalue weighted by Crippen LogP contribution is -2.46. The summed E-state index contributed by atoms with van der Waals surface area (Å²) in [6.07, 6.45) is 2.88. The molecule has 0 saturated heterocycles. The molecule has 0 unspecified atom stereocenters. The Morgan fingerprint density at radius 1 is 1.59 bits per heavy atom. The summed E-state index contributed by atoms with van der Waals surface area (Å²) in [5.41, 5.74) is 1.62. The van der Waals surface area contributed by atoms with Crippen molar-refractivity contribution in [2.75, 3.05) is 6.61 Å². The predicted molar refractivity (Wildman–Crippen MR) is 65.6 cm³/mol. The van der Waals surface area contributed by atoms with Crippen molar-refractivity contribution in [1.29, 1.82) is 0 Å². The van der Waals surface area contributed by atoms with Crippen molar-refractivity contribution in [2.24, 2.45) is 7.05 Å². The van der Waals surface area contributed by atoms with E-state index in [2.05, 4.69) is 10.4 Å². The molecule has 0 saturated carbocycles. The lowest BCUT2D eigenvalue weighted by molar-refractivity contribution is -0.123. The van der Waals surface area contributed by atoms with Gasteiger partial charge in [-0.15, -0.1) is 0 Å². The van der Waals surface area contributed by atoms with E-state index in [1.807, 2.05) is 14.0 Å². The summed E-state index contributed by atoms with van der Waals surface area (Å²) in [6, 6.07) is 0. The highest BCUT2D eigenvalue weighted by Gasteiger charge is 2.19. The quantitative estimate of drug-likeness (QED) is 0.788. The van der Waals surface area contributed by atoms with Gasteiger partial charge in [0.15, 0.2) is 0 Å². The predicted octanol–water partition coefficient (Wildman–Crippen LogP) is 0.548. The highest BCUT2D eigenvalue weighted by molar-refractivity contribution is 5.77. The molecule has 0 aromatic carbocycles. The number of rotatable bonds is 5. The molecule has 0 spiro atoms. The molecule has 0 bridgehead atoms. The van der Waals surface area contributed by atoms with Crippen LogP contribution in [0.15, 0.2) is 6.20 Å². The largest absolute Gasteiger partial charge is 0.394 e. The monoisotopic (exact) mass is 239 g/mol. The van der Waals surface area contributed by atoms with Crippen LogP contribution in [0.2, 0.25) is 0 Å². The minimum absolute atomic E-state index is 0.0488. The molecule has 5 heteroatoms. The number of amides is 1. The Hall–Kier alpha value is -1.36. The summed E-state index contributed by atoms with van der Waals surface area (Å²) in [4.78, 5) is 11.7. The summed E-state index contributed by atoms with van der Waals surface area (Å²) in [6.45, 7) is 5.50. The summed E-state index contributed by atoms with van der Waals surface area (Å²) in [7, 11) is 1.88. The van der Waals surface area contributed by atoms with Gasteiger partial charge in [-0.3, -0.25) is 9.48 Å². The third kappa shape index (κ3) is 3.85. The lowest BCUT2D eigenvalue weighted by Gasteiger charge is -2.23. The van der Waals surface area contributed by atoms with Crippen LogP contribution in [-0.2, 0) is 18.3 Å². The first-order valence-corrected chi connectivity index (χ1v) is 5.75. The van der Waals surface area contributed by atoms with Crippen LogP contribution in [0.5, 0.6) is 0 Å². The van der Waals surface area contributed by atoms with Gasteiger partial charge in [0.05, 0.1) is 18.3 Å². The number of aryl methyl sites for hydroxylation is 2. The standard InChI is InChI=1S/C12H21N3O2/c1-9-10(7-13-15(9)4)5-6-11(17)14-12(2,3)8-16/h7,16H,5-6,8H2,1-4H3,(H,14,17). The highest BCUT2D eigenvalue weighted by Crippen LogP contribution is 2.09. The minimum atomic E-state index is -0.554. The fourth-order valence-electron chi connectivity index (χ4n) is 1.52. The molecule has 0 atom stereocenters. The average Bonchev–Trinajstić information content (AvgIpc) is 2.57. The van der Waals surface area contributed by atoms with Crippen molar-refractivity contribution >= 4 is 5.91 Å². The maximum absolute atomic E-state index is 11.7. The number of nitrogens with one attached hydrogen (secondary N) is 1. The third-order valence-electron chi connectivity index (χ3n) is 2.83. The molecule has 0 fully saturated rings. The molecule has 0 aliphatic rings. The molecule has 96 valence electrons. The van der Waals surface area contributed by atoms with Crippen molar-refractivity contribution in [3.05, 3.63) is 17.5 Å². The number of nitrogens with zero attached hydrogens (tertiary/aromatic N) is 2. The second kappa shape index (κ2) is 5.31. The number of hydrogen-bond acceptors (Lipinski definition) is 3. The first-order chi connectivity index (χ1) is 7.85. The zero-order valence-electron chi connectivity index (χ0n) is 10.9. The van der Waals surface area contributed by atoms with E-state index >= 15 is 0 Å².